The van der Waals surface area contributed by atoms with E-state index in [0.717, 1.165) is 0 Å². The third-order valence-electron chi connectivity index (χ3n) is 1.52. The summed E-state index contributed by atoms with van der Waals surface area (Å²) >= 11 is 19.5. The van der Waals surface area contributed by atoms with Gasteiger partial charge in [0.2, 0.25) is 0 Å². The van der Waals surface area contributed by atoms with Crippen LogP contribution in [0.25, 0.3) is 0 Å². The van der Waals surface area contributed by atoms with Crippen LogP contribution in [0.15, 0.2) is 12.1 Å². The Balaban J connectivity index is 2.98. The lowest BCUT2D eigenvalue weighted by Crippen LogP contribution is -2.08. The molecule has 2 nitrogen and oxygen atoms in total. The highest BCUT2D eigenvalue weighted by molar-refractivity contribution is 14.1. The van der Waals surface area contributed by atoms with Crippen molar-refractivity contribution in [2.45, 2.75) is 0 Å². The number of carbonyl (C=O) groups is 1. The van der Waals surface area contributed by atoms with Crippen LogP contribution in [0.4, 0.5) is 0 Å². The summed E-state index contributed by atoms with van der Waals surface area (Å²) in [5.74, 6) is -0.529. The molecular weight excluding hydrogens is 373 g/mol. The molecule has 0 aromatic heterocycles. The lowest BCUT2D eigenvalue weighted by atomic mass is 10.2. The Morgan fingerprint density at radius 1 is 1.27 bits per heavy atom. The SMILES string of the molecule is O=C(OCCI)c1c(Cl)cc(Cl)cc1Cl. The van der Waals surface area contributed by atoms with Gasteiger partial charge in [-0.05, 0) is 12.1 Å². The standard InChI is InChI=1S/C9H6Cl3IO2/c10-5-3-6(11)8(7(12)4-5)9(14)15-2-1-13/h3-4H,1-2H2. The number of rotatable bonds is 3. The number of halogens is 4. The van der Waals surface area contributed by atoms with Gasteiger partial charge in [0.1, 0.15) is 6.61 Å². The second kappa shape index (κ2) is 6.13. The Morgan fingerprint density at radius 2 is 1.80 bits per heavy atom. The van der Waals surface area contributed by atoms with E-state index in [-0.39, 0.29) is 15.6 Å². The molecule has 0 aliphatic heterocycles. The van der Waals surface area contributed by atoms with Crippen molar-refractivity contribution in [3.05, 3.63) is 32.8 Å². The highest BCUT2D eigenvalue weighted by Gasteiger charge is 2.16. The first-order valence-corrected chi connectivity index (χ1v) is 6.60. The largest absolute Gasteiger partial charge is 0.461 e. The molecule has 0 fully saturated rings. The molecular formula is C9H6Cl3IO2. The fourth-order valence-corrected chi connectivity index (χ4v) is 2.13. The van der Waals surface area contributed by atoms with Crippen molar-refractivity contribution in [1.82, 2.24) is 0 Å². The predicted molar refractivity (Wildman–Crippen MR) is 70.6 cm³/mol. The average molecular weight is 379 g/mol. The second-order valence-corrected chi connectivity index (χ2v) is 4.90. The number of esters is 1. The normalized spacial score (nSPS) is 10.1. The molecule has 0 saturated carbocycles. The van der Waals surface area contributed by atoms with E-state index >= 15 is 0 Å². The molecule has 0 atom stereocenters. The van der Waals surface area contributed by atoms with Crippen molar-refractivity contribution in [3.63, 3.8) is 0 Å². The molecule has 0 saturated heterocycles. The first-order chi connectivity index (χ1) is 7.06. The number of carbonyl (C=O) groups excluding carboxylic acids is 1. The minimum atomic E-state index is -0.529. The zero-order valence-electron chi connectivity index (χ0n) is 7.40. The van der Waals surface area contributed by atoms with E-state index in [4.69, 9.17) is 39.5 Å². The van der Waals surface area contributed by atoms with Crippen molar-refractivity contribution < 1.29 is 9.53 Å². The van der Waals surface area contributed by atoms with E-state index in [1.807, 2.05) is 0 Å². The summed E-state index contributed by atoms with van der Waals surface area (Å²) in [7, 11) is 0. The molecule has 1 rings (SSSR count). The topological polar surface area (TPSA) is 26.3 Å². The van der Waals surface area contributed by atoms with Crippen LogP contribution in [-0.4, -0.2) is 17.0 Å². The predicted octanol–water partition coefficient (Wildman–Crippen LogP) is 4.24. The summed E-state index contributed by atoms with van der Waals surface area (Å²) < 4.78 is 5.63. The van der Waals surface area contributed by atoms with Gasteiger partial charge in [-0.1, -0.05) is 57.4 Å². The van der Waals surface area contributed by atoms with Gasteiger partial charge in [-0.25, -0.2) is 4.79 Å². The highest BCUT2D eigenvalue weighted by Crippen LogP contribution is 2.29. The number of alkyl halides is 1. The number of ether oxygens (including phenoxy) is 1. The summed E-state index contributed by atoms with van der Waals surface area (Å²) in [5, 5.41) is 0.785. The minimum Gasteiger partial charge on any atom is -0.461 e. The smallest absolute Gasteiger partial charge is 0.341 e. The molecule has 6 heteroatoms. The summed E-state index contributed by atoms with van der Waals surface area (Å²) in [6.07, 6.45) is 0. The molecule has 82 valence electrons. The van der Waals surface area contributed by atoms with Crippen molar-refractivity contribution in [3.8, 4) is 0 Å². The van der Waals surface area contributed by atoms with Crippen LogP contribution in [0, 0.1) is 0 Å². The second-order valence-electron chi connectivity index (χ2n) is 2.57. The van der Waals surface area contributed by atoms with Crippen molar-refractivity contribution in [1.29, 1.82) is 0 Å². The minimum absolute atomic E-state index is 0.160. The van der Waals surface area contributed by atoms with E-state index in [1.54, 1.807) is 0 Å². The van der Waals surface area contributed by atoms with Crippen LogP contribution in [0.3, 0.4) is 0 Å². The van der Waals surface area contributed by atoms with E-state index in [1.165, 1.54) is 12.1 Å². The molecule has 0 heterocycles. The molecule has 0 aliphatic carbocycles. The summed E-state index contributed by atoms with van der Waals surface area (Å²) in [6, 6.07) is 2.91. The Morgan fingerprint density at radius 3 is 2.27 bits per heavy atom. The maximum absolute atomic E-state index is 11.5. The lowest BCUT2D eigenvalue weighted by Gasteiger charge is -2.07. The molecule has 0 unspecified atom stereocenters. The maximum atomic E-state index is 11.5. The Hall–Kier alpha value is 0.290. The summed E-state index contributed by atoms with van der Waals surface area (Å²) in [4.78, 5) is 11.5. The van der Waals surface area contributed by atoms with Gasteiger partial charge in [0, 0.05) is 9.45 Å². The van der Waals surface area contributed by atoms with E-state index < -0.39 is 5.97 Å². The summed E-state index contributed by atoms with van der Waals surface area (Å²) in [6.45, 7) is 0.328. The van der Waals surface area contributed by atoms with Gasteiger partial charge >= 0.3 is 5.97 Å². The quantitative estimate of drug-likeness (QED) is 0.446. The Bertz CT molecular complexity index is 359. The molecule has 1 aromatic carbocycles. The summed E-state index contributed by atoms with van der Waals surface area (Å²) in [5.41, 5.74) is 0.160. The average Bonchev–Trinajstić information content (AvgIpc) is 2.12. The monoisotopic (exact) mass is 378 g/mol. The molecule has 15 heavy (non-hydrogen) atoms. The van der Waals surface area contributed by atoms with Gasteiger partial charge in [-0.15, -0.1) is 0 Å². The van der Waals surface area contributed by atoms with Crippen LogP contribution >= 0.6 is 57.4 Å². The van der Waals surface area contributed by atoms with Crippen LogP contribution in [0.2, 0.25) is 15.1 Å². The molecule has 0 N–H and O–H groups in total. The van der Waals surface area contributed by atoms with Crippen LogP contribution in [0.1, 0.15) is 10.4 Å². The van der Waals surface area contributed by atoms with Gasteiger partial charge < -0.3 is 4.74 Å². The molecule has 0 aliphatic rings. The number of benzene rings is 1. The zero-order valence-corrected chi connectivity index (χ0v) is 11.8. The molecule has 0 amide bonds. The van der Waals surface area contributed by atoms with Crippen LogP contribution < -0.4 is 0 Å². The van der Waals surface area contributed by atoms with Gasteiger partial charge in [0.25, 0.3) is 0 Å². The zero-order chi connectivity index (χ0) is 11.4. The van der Waals surface area contributed by atoms with E-state index in [0.29, 0.717) is 16.1 Å². The van der Waals surface area contributed by atoms with Crippen molar-refractivity contribution >= 4 is 63.4 Å². The van der Waals surface area contributed by atoms with Crippen molar-refractivity contribution in [2.24, 2.45) is 0 Å². The van der Waals surface area contributed by atoms with Crippen molar-refractivity contribution in [2.75, 3.05) is 11.0 Å². The Labute approximate surface area is 116 Å². The fourth-order valence-electron chi connectivity index (χ4n) is 0.941. The third kappa shape index (κ3) is 3.66. The first-order valence-electron chi connectivity index (χ1n) is 3.94. The van der Waals surface area contributed by atoms with E-state index in [2.05, 4.69) is 22.6 Å². The van der Waals surface area contributed by atoms with Crippen LogP contribution in [-0.2, 0) is 4.74 Å². The van der Waals surface area contributed by atoms with E-state index in [9.17, 15) is 4.79 Å². The van der Waals surface area contributed by atoms with Gasteiger partial charge in [0.15, 0.2) is 0 Å². The molecule has 0 spiro atoms. The maximum Gasteiger partial charge on any atom is 0.341 e. The highest BCUT2D eigenvalue weighted by atomic mass is 127. The molecule has 0 bridgehead atoms. The number of hydrogen-bond acceptors (Lipinski definition) is 2. The fraction of sp³-hybridized carbons (Fsp3) is 0.222. The molecule has 0 radical (unpaired) electrons. The first kappa shape index (κ1) is 13.4. The number of hydrogen-bond donors (Lipinski definition) is 0. The van der Waals surface area contributed by atoms with Gasteiger partial charge in [0.05, 0.1) is 15.6 Å². The Kier molecular flexibility index (Phi) is 5.46. The lowest BCUT2D eigenvalue weighted by molar-refractivity contribution is 0.0533. The third-order valence-corrected chi connectivity index (χ3v) is 2.78. The van der Waals surface area contributed by atoms with Gasteiger partial charge in [-0.3, -0.25) is 0 Å². The van der Waals surface area contributed by atoms with Crippen LogP contribution in [0.5, 0.6) is 0 Å². The molecule has 1 aromatic rings. The van der Waals surface area contributed by atoms with Gasteiger partial charge in [-0.2, -0.15) is 0 Å².